The molecule has 2 aromatic carbocycles. The molecule has 9 atom stereocenters. The number of H-pyrrole nitrogens is 1. The van der Waals surface area contributed by atoms with Gasteiger partial charge in [0.1, 0.15) is 47.3 Å². The molecule has 0 saturated carbocycles. The summed E-state index contributed by atoms with van der Waals surface area (Å²) in [6.07, 6.45) is 9.80. The van der Waals surface area contributed by atoms with Crippen molar-refractivity contribution in [1.29, 1.82) is 0 Å². The van der Waals surface area contributed by atoms with Crippen LogP contribution in [0.2, 0.25) is 0 Å². The molecule has 1 aliphatic heterocycles. The van der Waals surface area contributed by atoms with Gasteiger partial charge in [-0.05, 0) is 121 Å². The zero-order valence-electron chi connectivity index (χ0n) is 49.2. The van der Waals surface area contributed by atoms with Crippen molar-refractivity contribution in [3.05, 3.63) is 78.0 Å². The zero-order chi connectivity index (χ0) is 61.6. The number of allylic oxidation sites excluding steroid dienone is 2. The second kappa shape index (κ2) is 32.2. The third kappa shape index (κ3) is 21.5. The summed E-state index contributed by atoms with van der Waals surface area (Å²) in [5.74, 6) is -8.76. The number of ketones is 3. The van der Waals surface area contributed by atoms with Gasteiger partial charge < -0.3 is 53.5 Å². The van der Waals surface area contributed by atoms with Crippen molar-refractivity contribution in [2.75, 3.05) is 0 Å². The molecule has 8 amide bonds. The predicted octanol–water partition coefficient (Wildman–Crippen LogP) is 2.85. The number of carbonyl (C=O) groups is 11. The number of phenolic OH excluding ortho intramolecular Hbond substituents is 1. The Morgan fingerprint density at radius 2 is 1.27 bits per heavy atom. The van der Waals surface area contributed by atoms with Gasteiger partial charge in [-0.3, -0.25) is 52.7 Å². The Balaban J connectivity index is 1.76. The number of nitrogens with one attached hydrogen (secondary N) is 9. The highest BCUT2D eigenvalue weighted by Crippen LogP contribution is 2.30. The number of para-hydroxylation sites is 1. The lowest BCUT2D eigenvalue weighted by Gasteiger charge is -2.33. The lowest BCUT2D eigenvalue weighted by Crippen LogP contribution is -2.65. The molecule has 0 radical (unpaired) electrons. The van der Waals surface area contributed by atoms with Gasteiger partial charge in [-0.25, -0.2) is 10.9 Å². The smallest absolute Gasteiger partial charge is 0.243 e. The first kappa shape index (κ1) is 67.7. The number of carbonyl (C=O) groups excluding carboxylic acids is 11. The number of amides is 8. The molecule has 3 unspecified atom stereocenters. The summed E-state index contributed by atoms with van der Waals surface area (Å²) < 4.78 is 0. The molecule has 0 spiro atoms. The number of nitrogens with two attached hydrogens (primary N) is 2. The molecule has 0 fully saturated rings. The molecular weight excluding hydrogens is 1070 g/mol. The predicted molar refractivity (Wildman–Crippen MR) is 312 cm³/mol. The molecule has 0 aliphatic carbocycles. The van der Waals surface area contributed by atoms with E-state index in [0.29, 0.717) is 42.2 Å². The summed E-state index contributed by atoms with van der Waals surface area (Å²) in [5.41, 5.74) is 16.0. The van der Waals surface area contributed by atoms with Gasteiger partial charge in [0.25, 0.3) is 0 Å². The van der Waals surface area contributed by atoms with Crippen LogP contribution in [0.4, 0.5) is 0 Å². The number of primary amides is 2. The topological polar surface area (TPSA) is 372 Å². The number of hydrazine groups is 1. The standard InChI is InChI=1S/C60H87N11O12/c1-35(2)30-46-51(76)50(75)45(26-27-49(61)74)67-53(78)38(5)64-55(80)48(32-41-34-63-44-21-17-16-20-43(41)44)69-56(81)47(31-40-22-24-42(73)25-23-40)68-54(79)39(6)66-57(82)59(7,33-36(3)72)28-18-14-12-10-9-11-13-15-19-29-60(8,71-70-46)58(83)65-37(4)52(62)77/h11,13,16-17,20-25,34-35,37-39,45-48,63,70-71,73H,9-10,12,14-15,18-19,26-33H2,1-8H3,(H2,61,74)(H2,62,77)(H,64,80)(H,65,83)(H,66,82)(H,67,78)(H,68,79)(H,69,81)/t37?,38?,39?,45-,46-,47-,48-,59-,60-/m0/s1. The largest absolute Gasteiger partial charge is 0.508 e. The maximum atomic E-state index is 14.7. The summed E-state index contributed by atoms with van der Waals surface area (Å²) in [6, 6.07) is 3.65. The van der Waals surface area contributed by atoms with E-state index >= 15 is 0 Å². The van der Waals surface area contributed by atoms with Crippen LogP contribution in [0.5, 0.6) is 5.75 Å². The number of aromatic hydroxyl groups is 1. The van der Waals surface area contributed by atoms with E-state index in [1.807, 2.05) is 30.4 Å². The Morgan fingerprint density at radius 3 is 1.90 bits per heavy atom. The van der Waals surface area contributed by atoms with Crippen molar-refractivity contribution >= 4 is 75.5 Å². The highest BCUT2D eigenvalue weighted by Gasteiger charge is 2.40. The minimum Gasteiger partial charge on any atom is -0.508 e. The van der Waals surface area contributed by atoms with Crippen LogP contribution in [0.25, 0.3) is 10.9 Å². The Hall–Kier alpha value is -7.79. The van der Waals surface area contributed by atoms with Gasteiger partial charge in [0.05, 0.1) is 17.5 Å². The average Bonchev–Trinajstić information content (AvgIpc) is 4.13. The highest BCUT2D eigenvalue weighted by atomic mass is 16.3. The average molecular weight is 1150 g/mol. The number of benzene rings is 2. The maximum Gasteiger partial charge on any atom is 0.243 e. The zero-order valence-corrected chi connectivity index (χ0v) is 49.2. The van der Waals surface area contributed by atoms with Crippen LogP contribution in [0, 0.1) is 11.3 Å². The normalized spacial score (nSPS) is 25.5. The van der Waals surface area contributed by atoms with Gasteiger partial charge in [-0.15, -0.1) is 0 Å². The van der Waals surface area contributed by atoms with Crippen molar-refractivity contribution in [2.24, 2.45) is 22.8 Å². The fourth-order valence-corrected chi connectivity index (χ4v) is 9.77. The molecule has 23 heteroatoms. The minimum absolute atomic E-state index is 0.0550. The number of hydrogen-bond acceptors (Lipinski definition) is 14. The van der Waals surface area contributed by atoms with Gasteiger partial charge >= 0.3 is 0 Å². The summed E-state index contributed by atoms with van der Waals surface area (Å²) >= 11 is 0. The van der Waals surface area contributed by atoms with E-state index in [1.54, 1.807) is 52.1 Å². The van der Waals surface area contributed by atoms with Crippen LogP contribution >= 0.6 is 0 Å². The van der Waals surface area contributed by atoms with Crippen LogP contribution in [0.15, 0.2) is 66.9 Å². The maximum absolute atomic E-state index is 14.7. The first-order valence-corrected chi connectivity index (χ1v) is 28.6. The second-order valence-corrected chi connectivity index (χ2v) is 22.9. The van der Waals surface area contributed by atoms with Gasteiger partial charge in [-0.2, -0.15) is 0 Å². The molecule has 23 nitrogen and oxygen atoms in total. The van der Waals surface area contributed by atoms with Crippen LogP contribution in [0.1, 0.15) is 150 Å². The van der Waals surface area contributed by atoms with Crippen LogP contribution in [0.3, 0.4) is 0 Å². The number of rotatable bonds is 14. The van der Waals surface area contributed by atoms with Crippen molar-refractivity contribution in [3.8, 4) is 5.75 Å². The molecule has 2 heterocycles. The van der Waals surface area contributed by atoms with E-state index in [2.05, 4.69) is 47.7 Å². The molecule has 0 bridgehead atoms. The molecule has 1 aromatic heterocycles. The van der Waals surface area contributed by atoms with Gasteiger partial charge in [-0.1, -0.05) is 82.5 Å². The third-order valence-electron chi connectivity index (χ3n) is 14.9. The molecule has 14 N–H and O–H groups in total. The quantitative estimate of drug-likeness (QED) is 0.0816. The summed E-state index contributed by atoms with van der Waals surface area (Å²) in [6.45, 7) is 12.4. The van der Waals surface area contributed by atoms with Crippen LogP contribution in [-0.2, 0) is 65.6 Å². The van der Waals surface area contributed by atoms with E-state index in [9.17, 15) is 57.8 Å². The number of fused-ring (bicyclic) bond motifs is 1. The third-order valence-corrected chi connectivity index (χ3v) is 14.9. The number of aromatic amines is 1. The van der Waals surface area contributed by atoms with Crippen molar-refractivity contribution in [1.82, 2.24) is 47.7 Å². The Kier molecular flexibility index (Phi) is 26.2. The number of phenols is 1. The molecule has 4 rings (SSSR count). The first-order valence-electron chi connectivity index (χ1n) is 28.6. The summed E-state index contributed by atoms with van der Waals surface area (Å²) in [7, 11) is 0. The lowest BCUT2D eigenvalue weighted by atomic mass is 9.79. The molecule has 454 valence electrons. The summed E-state index contributed by atoms with van der Waals surface area (Å²) in [4.78, 5) is 154. The molecule has 0 saturated heterocycles. The number of Topliss-reactive ketones (excluding diaryl/α,β-unsaturated/α-hetero) is 3. The van der Waals surface area contributed by atoms with E-state index in [4.69, 9.17) is 11.5 Å². The Bertz CT molecular complexity index is 2820. The molecule has 3 aromatic rings. The Morgan fingerprint density at radius 1 is 0.687 bits per heavy atom. The lowest BCUT2D eigenvalue weighted by molar-refractivity contribution is -0.141. The van der Waals surface area contributed by atoms with E-state index in [-0.39, 0.29) is 49.6 Å². The number of aromatic nitrogens is 1. The van der Waals surface area contributed by atoms with E-state index < -0.39 is 125 Å². The minimum atomic E-state index is -1.63. The highest BCUT2D eigenvalue weighted by molar-refractivity contribution is 6.41. The van der Waals surface area contributed by atoms with Gasteiger partial charge in [0.15, 0.2) is 0 Å². The van der Waals surface area contributed by atoms with E-state index in [1.165, 1.54) is 39.8 Å². The van der Waals surface area contributed by atoms with Crippen molar-refractivity contribution < 1.29 is 57.8 Å². The molecule has 1 aliphatic rings. The molecule has 83 heavy (non-hydrogen) atoms. The fourth-order valence-electron chi connectivity index (χ4n) is 9.77. The van der Waals surface area contributed by atoms with Crippen molar-refractivity contribution in [3.63, 3.8) is 0 Å². The first-order chi connectivity index (χ1) is 39.1. The SMILES string of the molecule is CC(=O)C[C@]1(C)CCCCCCC=CCCC[C@@](C)(C(=O)NC(C)C(N)=O)NN[C@@H](CC(C)C)C(=O)C(=O)[C@H](CCC(N)=O)NC(=O)C(C)NC(=O)[C@H](Cc2c[nH]c3ccccc23)NC(=O)[C@H](Cc2ccc(O)cc2)NC(=O)C(C)NC1=O. The van der Waals surface area contributed by atoms with Crippen molar-refractivity contribution in [2.45, 2.75) is 200 Å². The van der Waals surface area contributed by atoms with Crippen LogP contribution in [-0.4, -0.2) is 123 Å². The van der Waals surface area contributed by atoms with Gasteiger partial charge in [0.2, 0.25) is 58.8 Å². The monoisotopic (exact) mass is 1150 g/mol. The Labute approximate surface area is 485 Å². The van der Waals surface area contributed by atoms with E-state index in [0.717, 1.165) is 31.2 Å². The molecular formula is C60H87N11O12. The second-order valence-electron chi connectivity index (χ2n) is 22.9. The van der Waals surface area contributed by atoms with Gasteiger partial charge in [0, 0.05) is 42.8 Å². The number of hydrogen-bond donors (Lipinski definition) is 12. The summed E-state index contributed by atoms with van der Waals surface area (Å²) in [5, 5.41) is 26.7. The fraction of sp³-hybridized carbons (Fsp3) is 0.550. The van der Waals surface area contributed by atoms with Crippen LogP contribution < -0.4 is 54.2 Å².